The van der Waals surface area contributed by atoms with E-state index >= 15 is 0 Å². The molecule has 3 heteroatoms. The van der Waals surface area contributed by atoms with Crippen LogP contribution in [0.25, 0.3) is 0 Å². The van der Waals surface area contributed by atoms with E-state index in [0.29, 0.717) is 0 Å². The molecule has 0 fully saturated rings. The van der Waals surface area contributed by atoms with Gasteiger partial charge in [-0.2, -0.15) is 0 Å². The number of aromatic nitrogens is 1. The van der Waals surface area contributed by atoms with Crippen molar-refractivity contribution in [2.45, 2.75) is 6.42 Å². The molecule has 0 radical (unpaired) electrons. The number of benzene rings is 1. The first-order valence-electron chi connectivity index (χ1n) is 4.98. The van der Waals surface area contributed by atoms with Gasteiger partial charge in [-0.15, -0.1) is 0 Å². The summed E-state index contributed by atoms with van der Waals surface area (Å²) in [6.07, 6.45) is 2.50. The van der Waals surface area contributed by atoms with Crippen LogP contribution in [0.15, 0.2) is 48.7 Å². The Hall–Kier alpha value is -1.44. The average Bonchev–Trinajstić information content (AvgIpc) is 2.31. The molecule has 1 N–H and O–H groups in total. The Morgan fingerprint density at radius 3 is 2.56 bits per heavy atom. The zero-order valence-electron chi connectivity index (χ0n) is 8.63. The van der Waals surface area contributed by atoms with E-state index in [-0.39, 0.29) is 4.60 Å². The van der Waals surface area contributed by atoms with Gasteiger partial charge in [-0.3, -0.25) is 0 Å². The third-order valence-electron chi connectivity index (χ3n) is 2.35. The maximum atomic E-state index is 9.52. The Bertz CT molecular complexity index is 496. The van der Waals surface area contributed by atoms with Crippen molar-refractivity contribution in [1.29, 1.82) is 0 Å². The summed E-state index contributed by atoms with van der Waals surface area (Å²) in [5, 5.41) is 9.52. The Balaban J connectivity index is 2.31. The van der Waals surface area contributed by atoms with E-state index in [2.05, 4.69) is 20.6 Å². The van der Waals surface area contributed by atoms with Crippen molar-refractivity contribution in [2.75, 3.05) is 0 Å². The molecule has 0 unspecified atom stereocenters. The van der Waals surface area contributed by atoms with E-state index in [1.54, 1.807) is 6.20 Å². The number of hydrogen-bond donors (Lipinski definition) is 1. The van der Waals surface area contributed by atoms with Crippen molar-refractivity contribution in [1.82, 2.24) is 4.98 Å². The quantitative estimate of drug-likeness (QED) is 0.865. The number of hydrogen-bond acceptors (Lipinski definition) is 2. The van der Waals surface area contributed by atoms with Crippen LogP contribution in [-0.4, -0.2) is 30.3 Å². The molecule has 1 heterocycles. The van der Waals surface area contributed by atoms with Crippen molar-refractivity contribution >= 4 is 20.2 Å². The molecule has 1 aromatic heterocycles. The SMILES string of the molecule is OC(=[Se])c1ccccc1Cc1ccccn1. The fourth-order valence-corrected chi connectivity index (χ4v) is 2.00. The molecule has 0 saturated heterocycles. The number of aliphatic hydroxyl groups is 1. The van der Waals surface area contributed by atoms with Crippen LogP contribution in [0.5, 0.6) is 0 Å². The average molecular weight is 276 g/mol. The molecule has 80 valence electrons. The van der Waals surface area contributed by atoms with Gasteiger partial charge < -0.3 is 0 Å². The summed E-state index contributed by atoms with van der Waals surface area (Å²) < 4.78 is 0.228. The summed E-state index contributed by atoms with van der Waals surface area (Å²) in [7, 11) is 0. The first-order valence-corrected chi connectivity index (χ1v) is 5.84. The molecule has 0 aliphatic carbocycles. The van der Waals surface area contributed by atoms with Crippen LogP contribution in [0.2, 0.25) is 0 Å². The van der Waals surface area contributed by atoms with Crippen LogP contribution >= 0.6 is 0 Å². The van der Waals surface area contributed by atoms with Crippen LogP contribution in [0.1, 0.15) is 16.8 Å². The molecule has 1 aromatic carbocycles. The van der Waals surface area contributed by atoms with Crippen LogP contribution in [0.3, 0.4) is 0 Å². The second-order valence-electron chi connectivity index (χ2n) is 3.46. The van der Waals surface area contributed by atoms with Crippen molar-refractivity contribution in [3.63, 3.8) is 0 Å². The standard InChI is InChI=1S/C13H11NOSe/c15-13(16)12-7-2-1-5-10(12)9-11-6-3-4-8-14-11/h1-8H,9H2,(H,15,16). The van der Waals surface area contributed by atoms with Crippen LogP contribution < -0.4 is 0 Å². The van der Waals surface area contributed by atoms with Crippen LogP contribution in [-0.2, 0) is 6.42 Å². The number of nitrogens with zero attached hydrogens (tertiary/aromatic N) is 1. The predicted molar refractivity (Wildman–Crippen MR) is 65.3 cm³/mol. The minimum atomic E-state index is 0.228. The Labute approximate surface area is 102 Å². The first kappa shape index (κ1) is 11.1. The van der Waals surface area contributed by atoms with Gasteiger partial charge in [-0.25, -0.2) is 0 Å². The van der Waals surface area contributed by atoms with Gasteiger partial charge in [0.05, 0.1) is 0 Å². The van der Waals surface area contributed by atoms with Gasteiger partial charge in [0.25, 0.3) is 0 Å². The van der Waals surface area contributed by atoms with Gasteiger partial charge in [0.15, 0.2) is 0 Å². The predicted octanol–water partition coefficient (Wildman–Crippen LogP) is 1.69. The van der Waals surface area contributed by atoms with Crippen LogP contribution in [0.4, 0.5) is 0 Å². The molecule has 0 bridgehead atoms. The summed E-state index contributed by atoms with van der Waals surface area (Å²) in [4.78, 5) is 4.27. The summed E-state index contributed by atoms with van der Waals surface area (Å²) in [6.45, 7) is 0. The molecular weight excluding hydrogens is 265 g/mol. The topological polar surface area (TPSA) is 33.1 Å². The maximum absolute atomic E-state index is 9.52. The Morgan fingerprint density at radius 2 is 1.88 bits per heavy atom. The molecule has 0 aliphatic heterocycles. The van der Waals surface area contributed by atoms with Gasteiger partial charge in [0.1, 0.15) is 0 Å². The molecule has 16 heavy (non-hydrogen) atoms. The van der Waals surface area contributed by atoms with Crippen molar-refractivity contribution in [2.24, 2.45) is 0 Å². The molecule has 2 rings (SSSR count). The fraction of sp³-hybridized carbons (Fsp3) is 0.0769. The number of rotatable bonds is 3. The van der Waals surface area contributed by atoms with Gasteiger partial charge in [-0.05, 0) is 0 Å². The summed E-state index contributed by atoms with van der Waals surface area (Å²) in [5.74, 6) is 0. The second-order valence-corrected chi connectivity index (χ2v) is 4.27. The van der Waals surface area contributed by atoms with Gasteiger partial charge in [0, 0.05) is 0 Å². The van der Waals surface area contributed by atoms with Gasteiger partial charge in [0.2, 0.25) is 0 Å². The Morgan fingerprint density at radius 1 is 1.12 bits per heavy atom. The zero-order valence-corrected chi connectivity index (χ0v) is 10.3. The molecule has 0 spiro atoms. The van der Waals surface area contributed by atoms with E-state index in [4.69, 9.17) is 0 Å². The molecule has 2 nitrogen and oxygen atoms in total. The normalized spacial score (nSPS) is 10.0. The molecule has 2 aromatic rings. The number of aliphatic hydroxyl groups excluding tert-OH is 1. The Kier molecular flexibility index (Phi) is 3.50. The third kappa shape index (κ3) is 2.57. The molecule has 0 saturated carbocycles. The molecule has 0 amide bonds. The minimum absolute atomic E-state index is 0.228. The van der Waals surface area contributed by atoms with E-state index in [1.807, 2.05) is 42.5 Å². The van der Waals surface area contributed by atoms with Gasteiger partial charge >= 0.3 is 102 Å². The van der Waals surface area contributed by atoms with Crippen LogP contribution in [0, 0.1) is 0 Å². The zero-order chi connectivity index (χ0) is 11.4. The fourth-order valence-electron chi connectivity index (χ4n) is 1.58. The van der Waals surface area contributed by atoms with Crippen molar-refractivity contribution in [3.05, 3.63) is 65.5 Å². The summed E-state index contributed by atoms with van der Waals surface area (Å²) in [5.41, 5.74) is 2.90. The molecular formula is C13H11NOSe. The van der Waals surface area contributed by atoms with E-state index in [1.165, 1.54) is 0 Å². The molecule has 0 atom stereocenters. The monoisotopic (exact) mass is 277 g/mol. The van der Waals surface area contributed by atoms with E-state index in [9.17, 15) is 5.11 Å². The van der Waals surface area contributed by atoms with E-state index in [0.717, 1.165) is 23.2 Å². The van der Waals surface area contributed by atoms with Crippen molar-refractivity contribution in [3.8, 4) is 0 Å². The van der Waals surface area contributed by atoms with Crippen molar-refractivity contribution < 1.29 is 5.11 Å². The molecule has 0 aliphatic rings. The number of pyridine rings is 1. The first-order chi connectivity index (χ1) is 7.77. The summed E-state index contributed by atoms with van der Waals surface area (Å²) in [6, 6.07) is 13.6. The summed E-state index contributed by atoms with van der Waals surface area (Å²) >= 11 is 2.63. The van der Waals surface area contributed by atoms with Gasteiger partial charge in [-0.1, -0.05) is 0 Å². The third-order valence-corrected chi connectivity index (χ3v) is 2.81. The second kappa shape index (κ2) is 5.06. The van der Waals surface area contributed by atoms with E-state index < -0.39 is 0 Å².